The van der Waals surface area contributed by atoms with Gasteiger partial charge >= 0.3 is 17.9 Å². The van der Waals surface area contributed by atoms with Crippen LogP contribution in [0.15, 0.2) is 36.5 Å². The Morgan fingerprint density at radius 1 is 0.356 bits per heavy atom. The van der Waals surface area contributed by atoms with Crippen molar-refractivity contribution in [3.63, 3.8) is 0 Å². The third-order valence-electron chi connectivity index (χ3n) is 11.2. The lowest BCUT2D eigenvalue weighted by Gasteiger charge is -2.18. The highest BCUT2D eigenvalue weighted by molar-refractivity contribution is 5.71. The second-order valence-corrected chi connectivity index (χ2v) is 17.1. The lowest BCUT2D eigenvalue weighted by molar-refractivity contribution is -0.167. The van der Waals surface area contributed by atoms with E-state index in [2.05, 4.69) is 57.2 Å². The predicted molar refractivity (Wildman–Crippen MR) is 252 cm³/mol. The molecular formula is C53H96O6. The van der Waals surface area contributed by atoms with Gasteiger partial charge in [-0.15, -0.1) is 0 Å². The van der Waals surface area contributed by atoms with Crippen molar-refractivity contribution >= 4 is 17.9 Å². The molecule has 0 bridgehead atoms. The topological polar surface area (TPSA) is 78.9 Å². The molecule has 0 aliphatic carbocycles. The van der Waals surface area contributed by atoms with E-state index in [0.717, 1.165) is 77.0 Å². The minimum Gasteiger partial charge on any atom is -0.462 e. The molecule has 0 aromatic heterocycles. The Bertz CT molecular complexity index is 1000. The second kappa shape index (κ2) is 48.3. The summed E-state index contributed by atoms with van der Waals surface area (Å²) in [6.45, 7) is 6.53. The van der Waals surface area contributed by atoms with Crippen LogP contribution in [0.5, 0.6) is 0 Å². The summed E-state index contributed by atoms with van der Waals surface area (Å²) in [5.41, 5.74) is 0. The molecule has 0 aromatic carbocycles. The van der Waals surface area contributed by atoms with Gasteiger partial charge in [-0.05, 0) is 51.4 Å². The Kier molecular flexibility index (Phi) is 46.4. The quantitative estimate of drug-likeness (QED) is 0.0263. The summed E-state index contributed by atoms with van der Waals surface area (Å²) in [7, 11) is 0. The van der Waals surface area contributed by atoms with Crippen LogP contribution in [0, 0.1) is 0 Å². The number of carbonyl (C=O) groups is 3. The van der Waals surface area contributed by atoms with Crippen LogP contribution in [-0.2, 0) is 28.6 Å². The Balaban J connectivity index is 4.28. The number of carbonyl (C=O) groups excluding carboxylic acids is 3. The highest BCUT2D eigenvalue weighted by atomic mass is 16.6. The molecule has 0 N–H and O–H groups in total. The average molecular weight is 829 g/mol. The molecule has 0 heterocycles. The molecule has 0 aliphatic rings. The average Bonchev–Trinajstić information content (AvgIpc) is 3.23. The zero-order valence-electron chi connectivity index (χ0n) is 39.3. The van der Waals surface area contributed by atoms with Crippen molar-refractivity contribution in [2.24, 2.45) is 0 Å². The molecule has 0 amide bonds. The van der Waals surface area contributed by atoms with Crippen molar-refractivity contribution in [1.82, 2.24) is 0 Å². The SMILES string of the molecule is CC/C=C\C/C=C\C/C=C\CCCCCCCCCCCC(=O)OCC(COC(=O)CCCCCCCCCCCC)OC(=O)CCCCCCCCCCCCCC. The third kappa shape index (κ3) is 46.5. The van der Waals surface area contributed by atoms with Gasteiger partial charge in [0, 0.05) is 19.3 Å². The molecular weight excluding hydrogens is 733 g/mol. The summed E-state index contributed by atoms with van der Waals surface area (Å²) in [6, 6.07) is 0. The minimum absolute atomic E-state index is 0.0697. The molecule has 6 nitrogen and oxygen atoms in total. The summed E-state index contributed by atoms with van der Waals surface area (Å²) >= 11 is 0. The Morgan fingerprint density at radius 2 is 0.661 bits per heavy atom. The van der Waals surface area contributed by atoms with E-state index >= 15 is 0 Å². The van der Waals surface area contributed by atoms with Gasteiger partial charge in [0.05, 0.1) is 0 Å². The zero-order valence-corrected chi connectivity index (χ0v) is 39.3. The van der Waals surface area contributed by atoms with Crippen molar-refractivity contribution in [3.05, 3.63) is 36.5 Å². The van der Waals surface area contributed by atoms with Gasteiger partial charge in [-0.2, -0.15) is 0 Å². The Hall–Kier alpha value is -2.37. The van der Waals surface area contributed by atoms with E-state index in [1.165, 1.54) is 148 Å². The maximum atomic E-state index is 12.7. The van der Waals surface area contributed by atoms with E-state index in [4.69, 9.17) is 14.2 Å². The normalized spacial score (nSPS) is 12.3. The van der Waals surface area contributed by atoms with Gasteiger partial charge < -0.3 is 14.2 Å². The molecule has 6 heteroatoms. The van der Waals surface area contributed by atoms with E-state index in [9.17, 15) is 14.4 Å². The summed E-state index contributed by atoms with van der Waals surface area (Å²) in [5, 5.41) is 0. The first-order chi connectivity index (χ1) is 29.0. The largest absolute Gasteiger partial charge is 0.462 e. The molecule has 0 spiro atoms. The third-order valence-corrected chi connectivity index (χ3v) is 11.2. The summed E-state index contributed by atoms with van der Waals surface area (Å²) in [6.07, 6.45) is 55.6. The van der Waals surface area contributed by atoms with Crippen LogP contribution in [0.1, 0.15) is 265 Å². The smallest absolute Gasteiger partial charge is 0.306 e. The van der Waals surface area contributed by atoms with Crippen LogP contribution in [0.4, 0.5) is 0 Å². The monoisotopic (exact) mass is 829 g/mol. The van der Waals surface area contributed by atoms with Gasteiger partial charge in [0.15, 0.2) is 6.10 Å². The summed E-state index contributed by atoms with van der Waals surface area (Å²) in [4.78, 5) is 37.9. The molecule has 1 atom stereocenters. The fourth-order valence-electron chi connectivity index (χ4n) is 7.34. The number of hydrogen-bond donors (Lipinski definition) is 0. The molecule has 344 valence electrons. The van der Waals surface area contributed by atoms with Crippen LogP contribution in [-0.4, -0.2) is 37.2 Å². The van der Waals surface area contributed by atoms with Gasteiger partial charge in [0.1, 0.15) is 13.2 Å². The first kappa shape index (κ1) is 56.6. The van der Waals surface area contributed by atoms with Gasteiger partial charge in [-0.3, -0.25) is 14.4 Å². The summed E-state index contributed by atoms with van der Waals surface area (Å²) < 4.78 is 16.8. The van der Waals surface area contributed by atoms with E-state index in [1.807, 2.05) is 0 Å². The highest BCUT2D eigenvalue weighted by Gasteiger charge is 2.19. The van der Waals surface area contributed by atoms with E-state index < -0.39 is 6.10 Å². The standard InChI is InChI=1S/C53H96O6/c1-4-7-10-13-16-19-22-24-25-26-27-28-29-30-32-34-37-40-43-46-52(55)58-49-50(48-57-51(54)45-42-39-36-33-21-18-15-12-9-6-3)59-53(56)47-44-41-38-35-31-23-20-17-14-11-8-5-2/h7,10,16,19,24-25,50H,4-6,8-9,11-15,17-18,20-23,26-49H2,1-3H3/b10-7-,19-16-,25-24-. The van der Waals surface area contributed by atoms with Crippen molar-refractivity contribution in [1.29, 1.82) is 0 Å². The molecule has 0 rings (SSSR count). The fraction of sp³-hybridized carbons (Fsp3) is 0.830. The molecule has 0 aliphatic heterocycles. The molecule has 59 heavy (non-hydrogen) atoms. The maximum Gasteiger partial charge on any atom is 0.306 e. The minimum atomic E-state index is -0.767. The molecule has 0 saturated carbocycles. The summed E-state index contributed by atoms with van der Waals surface area (Å²) in [5.74, 6) is -0.867. The van der Waals surface area contributed by atoms with E-state index in [0.29, 0.717) is 19.3 Å². The van der Waals surface area contributed by atoms with Crippen LogP contribution < -0.4 is 0 Å². The predicted octanol–water partition coefficient (Wildman–Crippen LogP) is 16.5. The van der Waals surface area contributed by atoms with Crippen LogP contribution in [0.2, 0.25) is 0 Å². The fourth-order valence-corrected chi connectivity index (χ4v) is 7.34. The first-order valence-electron chi connectivity index (χ1n) is 25.5. The Labute approximate surface area is 365 Å². The molecule has 0 saturated heterocycles. The number of hydrogen-bond acceptors (Lipinski definition) is 6. The van der Waals surface area contributed by atoms with E-state index in [-0.39, 0.29) is 31.1 Å². The van der Waals surface area contributed by atoms with Gasteiger partial charge in [0.2, 0.25) is 0 Å². The number of unbranched alkanes of at least 4 members (excludes halogenated alkanes) is 29. The Morgan fingerprint density at radius 3 is 1.03 bits per heavy atom. The van der Waals surface area contributed by atoms with Crippen molar-refractivity contribution in [2.45, 2.75) is 271 Å². The van der Waals surface area contributed by atoms with Crippen molar-refractivity contribution in [2.75, 3.05) is 13.2 Å². The van der Waals surface area contributed by atoms with Gasteiger partial charge in [-0.25, -0.2) is 0 Å². The lowest BCUT2D eigenvalue weighted by Crippen LogP contribution is -2.30. The molecule has 1 unspecified atom stereocenters. The van der Waals surface area contributed by atoms with Gasteiger partial charge in [-0.1, -0.05) is 231 Å². The highest BCUT2D eigenvalue weighted by Crippen LogP contribution is 2.16. The number of allylic oxidation sites excluding steroid dienone is 6. The molecule has 0 fully saturated rings. The molecule has 0 radical (unpaired) electrons. The zero-order chi connectivity index (χ0) is 43.0. The number of rotatable bonds is 46. The van der Waals surface area contributed by atoms with E-state index in [1.54, 1.807) is 0 Å². The van der Waals surface area contributed by atoms with Crippen LogP contribution in [0.3, 0.4) is 0 Å². The molecule has 0 aromatic rings. The van der Waals surface area contributed by atoms with Crippen LogP contribution in [0.25, 0.3) is 0 Å². The first-order valence-corrected chi connectivity index (χ1v) is 25.5. The van der Waals surface area contributed by atoms with Crippen molar-refractivity contribution in [3.8, 4) is 0 Å². The van der Waals surface area contributed by atoms with Crippen molar-refractivity contribution < 1.29 is 28.6 Å². The number of ether oxygens (including phenoxy) is 3. The lowest BCUT2D eigenvalue weighted by atomic mass is 10.0. The second-order valence-electron chi connectivity index (χ2n) is 17.1. The van der Waals surface area contributed by atoms with Gasteiger partial charge in [0.25, 0.3) is 0 Å². The maximum absolute atomic E-state index is 12.7. The number of esters is 3. The van der Waals surface area contributed by atoms with Crippen LogP contribution >= 0.6 is 0 Å².